The summed E-state index contributed by atoms with van der Waals surface area (Å²) in [5, 5.41) is 13.2. The van der Waals surface area contributed by atoms with Crippen LogP contribution in [0.25, 0.3) is 0 Å². The third kappa shape index (κ3) is 6.12. The van der Waals surface area contributed by atoms with E-state index >= 15 is 0 Å². The normalized spacial score (nSPS) is 24.3. The minimum Gasteiger partial charge on any atom is -0.366 e. The molecule has 8 heteroatoms. The second-order valence-electron chi connectivity index (χ2n) is 6.99. The van der Waals surface area contributed by atoms with Gasteiger partial charge in [-0.05, 0) is 37.0 Å². The number of amides is 1. The van der Waals surface area contributed by atoms with Gasteiger partial charge in [-0.15, -0.1) is 0 Å². The molecule has 1 aliphatic heterocycles. The van der Waals surface area contributed by atoms with Crippen molar-refractivity contribution in [2.24, 2.45) is 17.6 Å². The van der Waals surface area contributed by atoms with Gasteiger partial charge in [-0.2, -0.15) is 5.26 Å². The highest BCUT2D eigenvalue weighted by molar-refractivity contribution is 6.30. The summed E-state index contributed by atoms with van der Waals surface area (Å²) in [5.41, 5.74) is 9.06. The number of halogens is 2. The molecule has 1 saturated carbocycles. The molecule has 27 heavy (non-hydrogen) atoms. The zero-order valence-corrected chi connectivity index (χ0v) is 16.3. The quantitative estimate of drug-likeness (QED) is 0.731. The van der Waals surface area contributed by atoms with Gasteiger partial charge in [0.1, 0.15) is 12.0 Å². The van der Waals surface area contributed by atoms with Crippen molar-refractivity contribution >= 4 is 23.2 Å². The Morgan fingerprint density at radius 2 is 2.22 bits per heavy atom. The van der Waals surface area contributed by atoms with Crippen LogP contribution in [0.2, 0.25) is 5.02 Å². The molecule has 0 saturated heterocycles. The maximum Gasteiger partial charge on any atom is 0.249 e. The van der Waals surface area contributed by atoms with E-state index in [1.54, 1.807) is 24.3 Å². The lowest BCUT2D eigenvalue weighted by Crippen LogP contribution is -2.41. The van der Waals surface area contributed by atoms with Crippen molar-refractivity contribution in [3.8, 4) is 6.07 Å². The Kier molecular flexibility index (Phi) is 7.45. The molecule has 3 unspecified atom stereocenters. The molecule has 1 heterocycles. The van der Waals surface area contributed by atoms with Crippen molar-refractivity contribution < 1.29 is 9.18 Å². The van der Waals surface area contributed by atoms with Gasteiger partial charge in [-0.3, -0.25) is 4.79 Å². The van der Waals surface area contributed by atoms with Crippen LogP contribution in [0.3, 0.4) is 0 Å². The molecule has 0 bridgehead atoms. The van der Waals surface area contributed by atoms with Crippen LogP contribution >= 0.6 is 11.6 Å². The van der Waals surface area contributed by atoms with Gasteiger partial charge in [-0.1, -0.05) is 31.4 Å². The number of carbonyl (C=O) groups excluding carboxylic acids is 1. The van der Waals surface area contributed by atoms with Crippen LogP contribution < -0.4 is 16.5 Å². The van der Waals surface area contributed by atoms with E-state index in [0.717, 1.165) is 18.8 Å². The number of benzene rings is 1. The highest BCUT2D eigenvalue weighted by Crippen LogP contribution is 2.27. The second-order valence-corrected chi connectivity index (χ2v) is 7.40. The molecule has 6 nitrogen and oxygen atoms in total. The van der Waals surface area contributed by atoms with E-state index in [1.165, 1.54) is 25.0 Å². The van der Waals surface area contributed by atoms with Crippen LogP contribution in [0.15, 0.2) is 30.0 Å². The van der Waals surface area contributed by atoms with Crippen LogP contribution in [0.1, 0.15) is 32.6 Å². The maximum atomic E-state index is 13.3. The van der Waals surface area contributed by atoms with Crippen LogP contribution in [-0.2, 0) is 4.79 Å². The van der Waals surface area contributed by atoms with Crippen LogP contribution in [-0.4, -0.2) is 24.1 Å². The predicted octanol–water partition coefficient (Wildman–Crippen LogP) is 3.37. The fourth-order valence-corrected chi connectivity index (χ4v) is 3.33. The highest BCUT2D eigenvalue weighted by atomic mass is 35.5. The number of primary amides is 1. The lowest BCUT2D eigenvalue weighted by Gasteiger charge is -2.20. The number of anilines is 1. The smallest absolute Gasteiger partial charge is 0.249 e. The van der Waals surface area contributed by atoms with Gasteiger partial charge in [0, 0.05) is 24.9 Å². The van der Waals surface area contributed by atoms with Gasteiger partial charge >= 0.3 is 0 Å². The Morgan fingerprint density at radius 3 is 2.78 bits per heavy atom. The molecule has 1 aromatic rings. The van der Waals surface area contributed by atoms with Crippen LogP contribution in [0.4, 0.5) is 10.1 Å². The zero-order valence-electron chi connectivity index (χ0n) is 15.5. The van der Waals surface area contributed by atoms with Gasteiger partial charge in [-0.25, -0.2) is 9.82 Å². The molecule has 1 aliphatic carbocycles. The first-order valence-corrected chi connectivity index (χ1v) is 9.29. The number of hydrogen-bond donors (Lipinski definition) is 3. The zero-order chi connectivity index (χ0) is 20.0. The summed E-state index contributed by atoms with van der Waals surface area (Å²) in [4.78, 5) is 11.2. The molecular formula is C19H25ClFN5O. The molecule has 146 valence electrons. The first kappa shape index (κ1) is 21.0. The van der Waals surface area contributed by atoms with Gasteiger partial charge in [0.2, 0.25) is 5.91 Å². The summed E-state index contributed by atoms with van der Waals surface area (Å²) in [6, 6.07) is 6.64. The highest BCUT2D eigenvalue weighted by Gasteiger charge is 2.25. The summed E-state index contributed by atoms with van der Waals surface area (Å²) in [6.45, 7) is 2.24. The van der Waals surface area contributed by atoms with E-state index in [1.807, 2.05) is 0 Å². The fraction of sp³-hybridized carbons (Fsp3) is 0.474. The first-order chi connectivity index (χ1) is 12.8. The third-order valence-electron chi connectivity index (χ3n) is 4.61. The summed E-state index contributed by atoms with van der Waals surface area (Å²) in [6.07, 6.45) is 5.95. The number of hydrazine groups is 1. The largest absolute Gasteiger partial charge is 0.366 e. The molecular weight excluding hydrogens is 369 g/mol. The van der Waals surface area contributed by atoms with Gasteiger partial charge in [0.25, 0.3) is 0 Å². The van der Waals surface area contributed by atoms with E-state index in [4.69, 9.17) is 22.6 Å². The monoisotopic (exact) mass is 393 g/mol. The number of rotatable bonds is 3. The number of hydrogen-bond acceptors (Lipinski definition) is 5. The fourth-order valence-electron chi connectivity index (χ4n) is 3.21. The molecule has 0 radical (unpaired) electrons. The minimum absolute atomic E-state index is 0.0442. The summed E-state index contributed by atoms with van der Waals surface area (Å²) < 4.78 is 13.3. The molecule has 2 aliphatic rings. The Bertz CT molecular complexity index is 748. The van der Waals surface area contributed by atoms with Gasteiger partial charge in [0.15, 0.2) is 0 Å². The van der Waals surface area contributed by atoms with Crippen molar-refractivity contribution in [3.05, 3.63) is 40.8 Å². The minimum atomic E-state index is -0.543. The van der Waals surface area contributed by atoms with Gasteiger partial charge in [0.05, 0.1) is 16.7 Å². The molecule has 1 fully saturated rings. The van der Waals surface area contributed by atoms with Crippen molar-refractivity contribution in [2.75, 3.05) is 12.4 Å². The Hall–Kier alpha value is -2.30. The number of nitriles is 1. The van der Waals surface area contributed by atoms with Crippen molar-refractivity contribution in [1.82, 2.24) is 10.4 Å². The lowest BCUT2D eigenvalue weighted by atomic mass is 9.83. The summed E-state index contributed by atoms with van der Waals surface area (Å²) in [7, 11) is 1.73. The SMILES string of the molecule is CC1CCCC(C#N)C1.CN1C=C(C(N)=O)C(Nc2ccc(Cl)c(F)c2)N1. The molecule has 4 N–H and O–H groups in total. The molecule has 0 aromatic heterocycles. The van der Waals surface area contributed by atoms with E-state index in [-0.39, 0.29) is 5.02 Å². The Labute approximate surface area is 164 Å². The standard InChI is InChI=1S/C11H12ClFN4O.C8H13N/c1-17-5-7(10(14)18)11(16-17)15-6-2-3-8(12)9(13)4-6;1-7-3-2-4-8(5-7)6-9/h2-5,11,15-16H,1H3,(H2,14,18);7-8H,2-5H2,1H3. The number of nitrogens with zero attached hydrogens (tertiary/aromatic N) is 2. The summed E-state index contributed by atoms with van der Waals surface area (Å²) in [5.74, 6) is 0.0913. The predicted molar refractivity (Wildman–Crippen MR) is 104 cm³/mol. The van der Waals surface area contributed by atoms with Crippen LogP contribution in [0.5, 0.6) is 0 Å². The van der Waals surface area contributed by atoms with Crippen molar-refractivity contribution in [1.29, 1.82) is 5.26 Å². The number of carbonyl (C=O) groups is 1. The third-order valence-corrected chi connectivity index (χ3v) is 4.92. The van der Waals surface area contributed by atoms with E-state index in [9.17, 15) is 9.18 Å². The molecule has 1 amide bonds. The van der Waals surface area contributed by atoms with E-state index in [0.29, 0.717) is 17.2 Å². The van der Waals surface area contributed by atoms with Crippen LogP contribution in [0, 0.1) is 29.0 Å². The van der Waals surface area contributed by atoms with Gasteiger partial charge < -0.3 is 16.1 Å². The van der Waals surface area contributed by atoms with Crippen molar-refractivity contribution in [2.45, 2.75) is 38.8 Å². The molecule has 3 rings (SSSR count). The van der Waals surface area contributed by atoms with E-state index in [2.05, 4.69) is 23.7 Å². The average Bonchev–Trinajstić information content (AvgIpc) is 2.99. The summed E-state index contributed by atoms with van der Waals surface area (Å²) >= 11 is 5.59. The molecule has 3 atom stereocenters. The Morgan fingerprint density at radius 1 is 1.48 bits per heavy atom. The molecule has 0 spiro atoms. The number of nitrogens with one attached hydrogen (secondary N) is 2. The van der Waals surface area contributed by atoms with E-state index < -0.39 is 17.9 Å². The van der Waals surface area contributed by atoms with Crippen molar-refractivity contribution in [3.63, 3.8) is 0 Å². The Balaban J connectivity index is 0.000000244. The second kappa shape index (κ2) is 9.58. The first-order valence-electron chi connectivity index (χ1n) is 8.92. The molecule has 1 aromatic carbocycles. The number of nitrogens with two attached hydrogens (primary N) is 1. The topological polar surface area (TPSA) is 94.2 Å². The maximum absolute atomic E-state index is 13.3. The lowest BCUT2D eigenvalue weighted by molar-refractivity contribution is -0.114. The average molecular weight is 394 g/mol.